The molecule has 90 valence electrons. The summed E-state index contributed by atoms with van der Waals surface area (Å²) in [6.07, 6.45) is 0. The van der Waals surface area contributed by atoms with E-state index in [9.17, 15) is 4.57 Å². The summed E-state index contributed by atoms with van der Waals surface area (Å²) in [5, 5.41) is 9.08. The molecule has 17 heavy (non-hydrogen) atoms. The van der Waals surface area contributed by atoms with Gasteiger partial charge in [-0.05, 0) is 5.56 Å². The Morgan fingerprint density at radius 3 is 1.53 bits per heavy atom. The summed E-state index contributed by atoms with van der Waals surface area (Å²) in [5.41, 5.74) is 0.485. The predicted molar refractivity (Wildman–Crippen MR) is 69.1 cm³/mol. The zero-order valence-corrected chi connectivity index (χ0v) is 10.2. The van der Waals surface area contributed by atoms with Gasteiger partial charge in [0.1, 0.15) is 0 Å². The summed E-state index contributed by atoms with van der Waals surface area (Å²) in [6, 6.07) is 20.4. The van der Waals surface area contributed by atoms with E-state index in [-0.39, 0.29) is 0 Å². The van der Waals surface area contributed by atoms with E-state index >= 15 is 0 Å². The van der Waals surface area contributed by atoms with Gasteiger partial charge in [-0.2, -0.15) is 0 Å². The first-order chi connectivity index (χ1) is 8.22. The van der Waals surface area contributed by atoms with Gasteiger partial charge in [-0.1, -0.05) is 66.7 Å². The maximum Gasteiger partial charge on any atom is 0.221 e. The Labute approximate surface area is 101 Å². The van der Waals surface area contributed by atoms with Gasteiger partial charge in [-0.3, -0.25) is 4.57 Å². The van der Waals surface area contributed by atoms with Crippen molar-refractivity contribution in [2.45, 2.75) is 5.85 Å². The van der Waals surface area contributed by atoms with Crippen molar-refractivity contribution in [2.75, 3.05) is 0 Å². The zero-order chi connectivity index (χ0) is 12.5. The molecule has 0 radical (unpaired) electrons. The Balaban J connectivity index is 0.000000202. The average Bonchev–Trinajstić information content (AvgIpc) is 2.41. The van der Waals surface area contributed by atoms with E-state index in [1.807, 2.05) is 36.4 Å². The van der Waals surface area contributed by atoms with Crippen LogP contribution in [0.3, 0.4) is 0 Å². The molecule has 4 heteroatoms. The number of hydrogen-bond donors (Lipinski definition) is 2. The van der Waals surface area contributed by atoms with Gasteiger partial charge < -0.3 is 10.00 Å². The van der Waals surface area contributed by atoms with Gasteiger partial charge in [0.25, 0.3) is 0 Å². The maximum atomic E-state index is 10.4. The largest absolute Gasteiger partial charge is 0.378 e. The summed E-state index contributed by atoms with van der Waals surface area (Å²) >= 11 is 0. The van der Waals surface area contributed by atoms with Crippen LogP contribution in [-0.4, -0.2) is 10.00 Å². The van der Waals surface area contributed by atoms with Gasteiger partial charge in [0, 0.05) is 0 Å². The van der Waals surface area contributed by atoms with Crippen LogP contribution in [0.1, 0.15) is 11.4 Å². The average molecular weight is 250 g/mol. The van der Waals surface area contributed by atoms with E-state index in [0.717, 1.165) is 0 Å². The highest BCUT2D eigenvalue weighted by molar-refractivity contribution is 7.38. The number of aliphatic hydroxyl groups is 1. The Kier molecular flexibility index (Phi) is 6.26. The molecule has 2 aromatic rings. The normalized spacial score (nSPS) is 13.1. The van der Waals surface area contributed by atoms with Gasteiger partial charge in [-0.15, -0.1) is 0 Å². The van der Waals surface area contributed by atoms with Crippen LogP contribution < -0.4 is 0 Å². The van der Waals surface area contributed by atoms with Crippen LogP contribution >= 0.6 is 8.03 Å². The lowest BCUT2D eigenvalue weighted by Crippen LogP contribution is -1.89. The molecule has 0 aromatic heterocycles. The van der Waals surface area contributed by atoms with Crippen LogP contribution in [0.2, 0.25) is 0 Å². The summed E-state index contributed by atoms with van der Waals surface area (Å²) in [4.78, 5) is 8.57. The molecule has 2 N–H and O–H groups in total. The van der Waals surface area contributed by atoms with Gasteiger partial charge in [-0.25, -0.2) is 0 Å². The first-order valence-electron chi connectivity index (χ1n) is 5.17. The first kappa shape index (κ1) is 13.7. The van der Waals surface area contributed by atoms with Gasteiger partial charge >= 0.3 is 0 Å². The van der Waals surface area contributed by atoms with Crippen molar-refractivity contribution in [3.05, 3.63) is 72.3 Å². The van der Waals surface area contributed by atoms with Crippen molar-refractivity contribution in [1.29, 1.82) is 0 Å². The molecule has 0 bridgehead atoms. The number of hydrogen-bond acceptors (Lipinski definition) is 2. The highest BCUT2D eigenvalue weighted by atomic mass is 31.1. The van der Waals surface area contributed by atoms with Crippen LogP contribution in [0.5, 0.6) is 0 Å². The molecule has 0 spiro atoms. The Morgan fingerprint density at radius 1 is 0.824 bits per heavy atom. The smallest absolute Gasteiger partial charge is 0.221 e. The lowest BCUT2D eigenvalue weighted by Gasteiger charge is -2.04. The van der Waals surface area contributed by atoms with E-state index in [1.54, 1.807) is 30.3 Å². The molecule has 0 aliphatic rings. The van der Waals surface area contributed by atoms with Crippen LogP contribution in [0.15, 0.2) is 66.7 Å². The topological polar surface area (TPSA) is 57.5 Å². The Morgan fingerprint density at radius 2 is 1.18 bits per heavy atom. The van der Waals surface area contributed by atoms with Gasteiger partial charge in [0.05, 0.1) is 0 Å². The molecule has 0 heterocycles. The standard InChI is InChI=1S/C7H9O3P.C6H6/c8-7(11(9)10)6-4-2-1-3-5-6;1-2-4-6-5-3-1/h1-5,7-8,11H,(H,9,10);1-6H. The second-order valence-electron chi connectivity index (χ2n) is 3.31. The van der Waals surface area contributed by atoms with Crippen molar-refractivity contribution in [3.63, 3.8) is 0 Å². The van der Waals surface area contributed by atoms with Crippen molar-refractivity contribution in [1.82, 2.24) is 0 Å². The second kappa shape index (κ2) is 7.80. The molecule has 2 unspecified atom stereocenters. The molecule has 0 saturated heterocycles. The monoisotopic (exact) mass is 250 g/mol. The zero-order valence-electron chi connectivity index (χ0n) is 9.23. The van der Waals surface area contributed by atoms with Crippen LogP contribution in [-0.2, 0) is 4.57 Å². The third-order valence-electron chi connectivity index (χ3n) is 2.02. The number of aliphatic hydroxyl groups excluding tert-OH is 1. The fourth-order valence-electron chi connectivity index (χ4n) is 1.16. The minimum absolute atomic E-state index is 0.485. The molecule has 0 aliphatic heterocycles. The second-order valence-corrected chi connectivity index (χ2v) is 4.53. The molecule has 0 fully saturated rings. The Hall–Kier alpha value is -1.41. The molecule has 0 aliphatic carbocycles. The van der Waals surface area contributed by atoms with Crippen LogP contribution in [0.4, 0.5) is 0 Å². The van der Waals surface area contributed by atoms with Crippen LogP contribution in [0.25, 0.3) is 0 Å². The van der Waals surface area contributed by atoms with Crippen molar-refractivity contribution >= 4 is 8.03 Å². The van der Waals surface area contributed by atoms with Crippen molar-refractivity contribution in [2.24, 2.45) is 0 Å². The molecular formula is C13H15O3P. The van der Waals surface area contributed by atoms with Crippen LogP contribution in [0, 0.1) is 0 Å². The summed E-state index contributed by atoms with van der Waals surface area (Å²) in [7, 11) is -2.86. The van der Waals surface area contributed by atoms with E-state index in [0.29, 0.717) is 5.56 Å². The maximum absolute atomic E-state index is 10.4. The predicted octanol–water partition coefficient (Wildman–Crippen LogP) is 2.83. The minimum Gasteiger partial charge on any atom is -0.378 e. The van der Waals surface area contributed by atoms with Gasteiger partial charge in [0.2, 0.25) is 8.03 Å². The fraction of sp³-hybridized carbons (Fsp3) is 0.0769. The third kappa shape index (κ3) is 5.45. The highest BCUT2D eigenvalue weighted by Crippen LogP contribution is 2.34. The van der Waals surface area contributed by atoms with Crippen molar-refractivity contribution in [3.8, 4) is 0 Å². The SMILES string of the molecule is O=[PH](O)C(O)c1ccccc1.c1ccccc1. The van der Waals surface area contributed by atoms with Crippen molar-refractivity contribution < 1.29 is 14.6 Å². The van der Waals surface area contributed by atoms with Gasteiger partial charge in [0.15, 0.2) is 5.85 Å². The number of rotatable bonds is 2. The lowest BCUT2D eigenvalue weighted by molar-refractivity contribution is 0.243. The van der Waals surface area contributed by atoms with E-state index in [2.05, 4.69) is 0 Å². The van der Waals surface area contributed by atoms with E-state index in [4.69, 9.17) is 10.00 Å². The molecule has 2 atom stereocenters. The Bertz CT molecular complexity index is 404. The molecule has 0 amide bonds. The summed E-state index contributed by atoms with van der Waals surface area (Å²) in [6.45, 7) is 0. The quantitative estimate of drug-likeness (QED) is 0.806. The molecule has 2 rings (SSSR count). The van der Waals surface area contributed by atoms with E-state index < -0.39 is 13.9 Å². The molecule has 3 nitrogen and oxygen atoms in total. The third-order valence-corrected chi connectivity index (χ3v) is 2.82. The first-order valence-corrected chi connectivity index (χ1v) is 6.61. The summed E-state index contributed by atoms with van der Waals surface area (Å²) < 4.78 is 10.4. The molecular weight excluding hydrogens is 235 g/mol. The molecule has 2 aromatic carbocycles. The van der Waals surface area contributed by atoms with E-state index in [1.165, 1.54) is 0 Å². The molecule has 0 saturated carbocycles. The highest BCUT2D eigenvalue weighted by Gasteiger charge is 2.10. The lowest BCUT2D eigenvalue weighted by atomic mass is 10.2. The minimum atomic E-state index is -2.86. The fourth-order valence-corrected chi connectivity index (χ4v) is 1.64. The number of benzene rings is 2. The summed E-state index contributed by atoms with van der Waals surface area (Å²) in [5.74, 6) is -1.22.